The van der Waals surface area contributed by atoms with Crippen LogP contribution in [-0.2, 0) is 16.1 Å². The molecule has 1 amide bonds. The molecule has 2 aromatic carbocycles. The molecule has 0 aliphatic rings. The van der Waals surface area contributed by atoms with Crippen molar-refractivity contribution in [1.82, 2.24) is 4.90 Å². The highest BCUT2D eigenvalue weighted by Crippen LogP contribution is 2.19. The Labute approximate surface area is 157 Å². The lowest BCUT2D eigenvalue weighted by Gasteiger charge is -2.26. The molecular formula is C20H22N2O5. The van der Waals surface area contributed by atoms with Crippen molar-refractivity contribution in [1.29, 1.82) is 0 Å². The van der Waals surface area contributed by atoms with Gasteiger partial charge in [0.05, 0.1) is 10.5 Å². The molecule has 0 spiro atoms. The maximum Gasteiger partial charge on any atom is 0.338 e. The van der Waals surface area contributed by atoms with Gasteiger partial charge in [-0.2, -0.15) is 0 Å². The predicted octanol–water partition coefficient (Wildman–Crippen LogP) is 3.50. The maximum absolute atomic E-state index is 12.5. The van der Waals surface area contributed by atoms with Crippen molar-refractivity contribution < 1.29 is 19.2 Å². The summed E-state index contributed by atoms with van der Waals surface area (Å²) in [6.07, 6.45) is 0. The number of nitro groups is 1. The van der Waals surface area contributed by atoms with Gasteiger partial charge in [0.15, 0.2) is 6.61 Å². The quantitative estimate of drug-likeness (QED) is 0.423. The monoisotopic (exact) mass is 370 g/mol. The van der Waals surface area contributed by atoms with Crippen LogP contribution in [0.15, 0.2) is 48.5 Å². The van der Waals surface area contributed by atoms with E-state index < -0.39 is 10.9 Å². The van der Waals surface area contributed by atoms with Gasteiger partial charge in [-0.1, -0.05) is 30.3 Å². The number of nitro benzene ring substituents is 1. The van der Waals surface area contributed by atoms with Crippen molar-refractivity contribution in [2.75, 3.05) is 6.61 Å². The zero-order chi connectivity index (χ0) is 20.0. The Morgan fingerprint density at radius 2 is 1.81 bits per heavy atom. The Bertz CT molecular complexity index is 834. The van der Waals surface area contributed by atoms with E-state index in [0.717, 1.165) is 5.56 Å². The molecule has 0 heterocycles. The van der Waals surface area contributed by atoms with Gasteiger partial charge in [0.2, 0.25) is 0 Å². The lowest BCUT2D eigenvalue weighted by Crippen LogP contribution is -2.39. The van der Waals surface area contributed by atoms with Crippen molar-refractivity contribution in [3.05, 3.63) is 75.3 Å². The molecule has 0 bridgehead atoms. The van der Waals surface area contributed by atoms with Gasteiger partial charge in [-0.3, -0.25) is 14.9 Å². The molecule has 0 unspecified atom stereocenters. The summed E-state index contributed by atoms with van der Waals surface area (Å²) in [5, 5.41) is 10.8. The molecule has 0 aliphatic carbocycles. The minimum Gasteiger partial charge on any atom is -0.452 e. The number of hydrogen-bond acceptors (Lipinski definition) is 5. The third kappa shape index (κ3) is 5.37. The van der Waals surface area contributed by atoms with Crippen LogP contribution in [0.5, 0.6) is 0 Å². The number of ether oxygens (including phenoxy) is 1. The van der Waals surface area contributed by atoms with Gasteiger partial charge in [0.25, 0.3) is 11.6 Å². The summed E-state index contributed by atoms with van der Waals surface area (Å²) in [6.45, 7) is 5.36. The first kappa shape index (κ1) is 20.1. The van der Waals surface area contributed by atoms with E-state index >= 15 is 0 Å². The Kier molecular flexibility index (Phi) is 6.65. The number of carbonyl (C=O) groups excluding carboxylic acids is 2. The molecule has 7 nitrogen and oxygen atoms in total. The summed E-state index contributed by atoms with van der Waals surface area (Å²) in [5.74, 6) is -0.995. The van der Waals surface area contributed by atoms with Gasteiger partial charge in [-0.05, 0) is 38.5 Å². The Morgan fingerprint density at radius 3 is 2.37 bits per heavy atom. The van der Waals surface area contributed by atoms with Crippen LogP contribution in [0.3, 0.4) is 0 Å². The molecule has 0 fully saturated rings. The number of carbonyl (C=O) groups is 2. The summed E-state index contributed by atoms with van der Waals surface area (Å²) >= 11 is 0. The highest BCUT2D eigenvalue weighted by atomic mass is 16.6. The molecule has 2 aromatic rings. The van der Waals surface area contributed by atoms with Crippen LogP contribution in [0.2, 0.25) is 0 Å². The van der Waals surface area contributed by atoms with Gasteiger partial charge < -0.3 is 9.64 Å². The van der Waals surface area contributed by atoms with Crippen molar-refractivity contribution in [2.24, 2.45) is 0 Å². The lowest BCUT2D eigenvalue weighted by atomic mass is 10.1. The number of amides is 1. The highest BCUT2D eigenvalue weighted by molar-refractivity contribution is 5.91. The van der Waals surface area contributed by atoms with Crippen LogP contribution in [0.4, 0.5) is 5.69 Å². The summed E-state index contributed by atoms with van der Waals surface area (Å²) in [6, 6.07) is 13.4. The molecule has 0 saturated carbocycles. The van der Waals surface area contributed by atoms with Gasteiger partial charge in [0.1, 0.15) is 0 Å². The molecule has 0 atom stereocenters. The molecule has 142 valence electrons. The van der Waals surface area contributed by atoms with Crippen LogP contribution < -0.4 is 0 Å². The third-order valence-corrected chi connectivity index (χ3v) is 4.10. The van der Waals surface area contributed by atoms with E-state index in [0.29, 0.717) is 12.1 Å². The molecular weight excluding hydrogens is 348 g/mol. The fraction of sp³-hybridized carbons (Fsp3) is 0.300. The van der Waals surface area contributed by atoms with E-state index in [1.807, 2.05) is 44.2 Å². The van der Waals surface area contributed by atoms with E-state index in [1.54, 1.807) is 11.8 Å². The summed E-state index contributed by atoms with van der Waals surface area (Å²) in [4.78, 5) is 36.6. The van der Waals surface area contributed by atoms with Crippen molar-refractivity contribution in [3.63, 3.8) is 0 Å². The minimum absolute atomic E-state index is 0.0574. The second-order valence-corrected chi connectivity index (χ2v) is 6.44. The largest absolute Gasteiger partial charge is 0.452 e. The first-order valence-electron chi connectivity index (χ1n) is 8.55. The number of rotatable bonds is 7. The van der Waals surface area contributed by atoms with E-state index in [-0.39, 0.29) is 29.8 Å². The molecule has 2 rings (SSSR count). The zero-order valence-electron chi connectivity index (χ0n) is 15.5. The van der Waals surface area contributed by atoms with Crippen LogP contribution in [-0.4, -0.2) is 34.3 Å². The molecule has 27 heavy (non-hydrogen) atoms. The van der Waals surface area contributed by atoms with E-state index in [1.165, 1.54) is 18.2 Å². The molecule has 7 heteroatoms. The van der Waals surface area contributed by atoms with Gasteiger partial charge in [-0.25, -0.2) is 4.79 Å². The first-order valence-corrected chi connectivity index (χ1v) is 8.55. The fourth-order valence-corrected chi connectivity index (χ4v) is 2.62. The third-order valence-electron chi connectivity index (χ3n) is 4.10. The number of esters is 1. The summed E-state index contributed by atoms with van der Waals surface area (Å²) < 4.78 is 5.11. The van der Waals surface area contributed by atoms with Crippen LogP contribution >= 0.6 is 0 Å². The smallest absolute Gasteiger partial charge is 0.338 e. The Balaban J connectivity index is 2.01. The van der Waals surface area contributed by atoms with Gasteiger partial charge in [-0.15, -0.1) is 0 Å². The standard InChI is InChI=1S/C20H22N2O5/c1-14(2)21(12-16-7-5-4-6-8-16)19(23)13-27-20(24)17-9-10-18(22(25)26)15(3)11-17/h4-11,14H,12-13H2,1-3H3. The second-order valence-electron chi connectivity index (χ2n) is 6.44. The number of hydrogen-bond donors (Lipinski definition) is 0. The Morgan fingerprint density at radius 1 is 1.15 bits per heavy atom. The fourth-order valence-electron chi connectivity index (χ4n) is 2.62. The van der Waals surface area contributed by atoms with Crippen LogP contribution in [0.25, 0.3) is 0 Å². The van der Waals surface area contributed by atoms with Crippen molar-refractivity contribution in [3.8, 4) is 0 Å². The summed E-state index contributed by atoms with van der Waals surface area (Å²) in [7, 11) is 0. The topological polar surface area (TPSA) is 89.8 Å². The number of benzene rings is 2. The highest BCUT2D eigenvalue weighted by Gasteiger charge is 2.20. The molecule has 0 aromatic heterocycles. The number of nitrogens with zero attached hydrogens (tertiary/aromatic N) is 2. The average molecular weight is 370 g/mol. The molecule has 0 N–H and O–H groups in total. The van der Waals surface area contributed by atoms with E-state index in [2.05, 4.69) is 0 Å². The molecule has 0 saturated heterocycles. The predicted molar refractivity (Wildman–Crippen MR) is 100 cm³/mol. The minimum atomic E-state index is -0.690. The number of aryl methyl sites for hydroxylation is 1. The molecule has 0 radical (unpaired) electrons. The van der Waals surface area contributed by atoms with Crippen LogP contribution in [0.1, 0.15) is 35.3 Å². The zero-order valence-corrected chi connectivity index (χ0v) is 15.5. The lowest BCUT2D eigenvalue weighted by molar-refractivity contribution is -0.385. The average Bonchev–Trinajstić information content (AvgIpc) is 2.64. The van der Waals surface area contributed by atoms with Crippen LogP contribution in [0, 0.1) is 17.0 Å². The van der Waals surface area contributed by atoms with Crippen molar-refractivity contribution in [2.45, 2.75) is 33.4 Å². The van der Waals surface area contributed by atoms with Gasteiger partial charge >= 0.3 is 5.97 Å². The van der Waals surface area contributed by atoms with Gasteiger partial charge in [0, 0.05) is 24.2 Å². The Hall–Kier alpha value is -3.22. The maximum atomic E-state index is 12.5. The summed E-state index contributed by atoms with van der Waals surface area (Å²) in [5.41, 5.74) is 1.44. The van der Waals surface area contributed by atoms with E-state index in [9.17, 15) is 19.7 Å². The first-order chi connectivity index (χ1) is 12.8. The van der Waals surface area contributed by atoms with Crippen molar-refractivity contribution >= 4 is 17.6 Å². The van der Waals surface area contributed by atoms with E-state index in [4.69, 9.17) is 4.74 Å². The second kappa shape index (κ2) is 8.93. The molecule has 0 aliphatic heterocycles. The normalized spacial score (nSPS) is 10.5. The SMILES string of the molecule is Cc1cc(C(=O)OCC(=O)N(Cc2ccccc2)C(C)C)ccc1[N+](=O)[O-].